The Bertz CT molecular complexity index is 488. The van der Waals surface area contributed by atoms with Crippen LogP contribution in [0.1, 0.15) is 58.8 Å². The van der Waals surface area contributed by atoms with Crippen LogP contribution in [0.5, 0.6) is 0 Å². The zero-order chi connectivity index (χ0) is 20.6. The Kier molecular flexibility index (Phi) is 9.78. The number of Topliss-reactive ketones (excluding diaryl/α,β-unsaturated/α-hetero) is 1. The first kappa shape index (κ1) is 23.9. The summed E-state index contributed by atoms with van der Waals surface area (Å²) in [7, 11) is 0. The topological polar surface area (TPSA) is 157 Å². The fraction of sp³-hybridized carbons (Fsp3) is 0.889. The van der Waals surface area contributed by atoms with Crippen LogP contribution in [0.15, 0.2) is 0 Å². The van der Waals surface area contributed by atoms with Crippen LogP contribution in [0, 0.1) is 0 Å². The van der Waals surface area contributed by atoms with E-state index in [1.165, 1.54) is 0 Å². The van der Waals surface area contributed by atoms with Crippen molar-refractivity contribution in [3.8, 4) is 0 Å². The van der Waals surface area contributed by atoms with E-state index in [1.807, 2.05) is 0 Å². The molecule has 1 aliphatic heterocycles. The van der Waals surface area contributed by atoms with Crippen LogP contribution >= 0.6 is 0 Å². The summed E-state index contributed by atoms with van der Waals surface area (Å²) in [4.78, 5) is 24.0. The molecule has 0 saturated carbocycles. The van der Waals surface area contributed by atoms with Gasteiger partial charge in [-0.3, -0.25) is 9.59 Å². The third-order valence-electron chi connectivity index (χ3n) is 4.83. The predicted molar refractivity (Wildman–Crippen MR) is 95.5 cm³/mol. The molecule has 6 atom stereocenters. The van der Waals surface area contributed by atoms with Gasteiger partial charge in [0.25, 0.3) is 5.79 Å². The van der Waals surface area contributed by atoms with Crippen LogP contribution in [0.3, 0.4) is 0 Å². The molecule has 6 N–H and O–H groups in total. The van der Waals surface area contributed by atoms with Gasteiger partial charge >= 0.3 is 0 Å². The van der Waals surface area contributed by atoms with Gasteiger partial charge in [0.1, 0.15) is 24.4 Å². The SMILES string of the molecule is CCCCCCC[C@@H](O)CC(=O)C1(O)O[C@H](CO)[C@@H](O)[C@H](O)[C@H]1NC(C)=O. The molecule has 1 heterocycles. The number of hydrogen-bond donors (Lipinski definition) is 6. The molecule has 0 aromatic carbocycles. The Hall–Kier alpha value is -1.10. The van der Waals surface area contributed by atoms with Crippen LogP contribution in [0.4, 0.5) is 0 Å². The molecule has 158 valence electrons. The summed E-state index contributed by atoms with van der Waals surface area (Å²) in [6.45, 7) is 2.46. The van der Waals surface area contributed by atoms with Crippen molar-refractivity contribution in [2.24, 2.45) is 0 Å². The van der Waals surface area contributed by atoms with Gasteiger partial charge in [0.2, 0.25) is 5.91 Å². The standard InChI is InChI=1S/C18H33NO8/c1-3-4-5-6-7-8-12(22)9-14(23)18(26)17(19-11(2)21)16(25)15(24)13(10-20)27-18/h12-13,15-17,20,22,24-26H,3-10H2,1-2H3,(H,19,21)/t12-,13-,15-,16+,17-,18?/m1/s1. The van der Waals surface area contributed by atoms with Crippen molar-refractivity contribution in [2.75, 3.05) is 6.61 Å². The maximum atomic E-state index is 12.6. The number of aliphatic hydroxyl groups is 5. The molecule has 1 fully saturated rings. The molecule has 27 heavy (non-hydrogen) atoms. The highest BCUT2D eigenvalue weighted by Crippen LogP contribution is 2.30. The van der Waals surface area contributed by atoms with Crippen molar-refractivity contribution in [2.45, 2.75) is 95.0 Å². The van der Waals surface area contributed by atoms with Crippen molar-refractivity contribution < 1.29 is 39.9 Å². The van der Waals surface area contributed by atoms with Crippen molar-refractivity contribution in [3.63, 3.8) is 0 Å². The normalized spacial score (nSPS) is 32.1. The van der Waals surface area contributed by atoms with Crippen molar-refractivity contribution in [1.82, 2.24) is 5.32 Å². The highest BCUT2D eigenvalue weighted by molar-refractivity contribution is 5.88. The Labute approximate surface area is 159 Å². The lowest BCUT2D eigenvalue weighted by Gasteiger charge is -2.46. The molecule has 0 aliphatic carbocycles. The molecule has 0 aromatic rings. The molecular weight excluding hydrogens is 358 g/mol. The predicted octanol–water partition coefficient (Wildman–Crippen LogP) is -1.03. The first-order valence-corrected chi connectivity index (χ1v) is 9.53. The van der Waals surface area contributed by atoms with Gasteiger partial charge in [0.15, 0.2) is 5.78 Å². The second kappa shape index (κ2) is 11.0. The zero-order valence-corrected chi connectivity index (χ0v) is 16.0. The van der Waals surface area contributed by atoms with Gasteiger partial charge in [-0.25, -0.2) is 0 Å². The molecule has 0 aromatic heterocycles. The molecule has 9 heteroatoms. The van der Waals surface area contributed by atoms with E-state index in [0.29, 0.717) is 6.42 Å². The summed E-state index contributed by atoms with van der Waals surface area (Å²) in [5, 5.41) is 52.5. The highest BCUT2D eigenvalue weighted by atomic mass is 16.7. The minimum Gasteiger partial charge on any atom is -0.394 e. The van der Waals surface area contributed by atoms with Gasteiger partial charge in [-0.15, -0.1) is 0 Å². The van der Waals surface area contributed by atoms with Gasteiger partial charge in [0, 0.05) is 13.3 Å². The van der Waals surface area contributed by atoms with E-state index >= 15 is 0 Å². The monoisotopic (exact) mass is 391 g/mol. The maximum Gasteiger partial charge on any atom is 0.250 e. The number of ether oxygens (including phenoxy) is 1. The Morgan fingerprint density at radius 1 is 1.15 bits per heavy atom. The lowest BCUT2D eigenvalue weighted by Crippen LogP contribution is -2.72. The van der Waals surface area contributed by atoms with Crippen LogP contribution in [0.2, 0.25) is 0 Å². The molecular formula is C18H33NO8. The third kappa shape index (κ3) is 6.48. The van der Waals surface area contributed by atoms with Crippen molar-refractivity contribution in [3.05, 3.63) is 0 Å². The van der Waals surface area contributed by atoms with E-state index in [-0.39, 0.29) is 0 Å². The van der Waals surface area contributed by atoms with Crippen LogP contribution < -0.4 is 5.32 Å². The second-order valence-corrected chi connectivity index (χ2v) is 7.18. The Morgan fingerprint density at radius 2 is 1.78 bits per heavy atom. The molecule has 9 nitrogen and oxygen atoms in total. The number of carbonyl (C=O) groups excluding carboxylic acids is 2. The van der Waals surface area contributed by atoms with E-state index in [0.717, 1.165) is 39.0 Å². The van der Waals surface area contributed by atoms with Gasteiger partial charge < -0.3 is 35.6 Å². The van der Waals surface area contributed by atoms with Gasteiger partial charge in [-0.1, -0.05) is 39.0 Å². The molecule has 1 amide bonds. The zero-order valence-electron chi connectivity index (χ0n) is 16.0. The lowest BCUT2D eigenvalue weighted by molar-refractivity contribution is -0.302. The minimum absolute atomic E-state index is 0.366. The average Bonchev–Trinajstić information content (AvgIpc) is 2.61. The Morgan fingerprint density at radius 3 is 2.33 bits per heavy atom. The number of nitrogens with one attached hydrogen (secondary N) is 1. The average molecular weight is 391 g/mol. The van der Waals surface area contributed by atoms with E-state index in [1.54, 1.807) is 0 Å². The van der Waals surface area contributed by atoms with Crippen molar-refractivity contribution >= 4 is 11.7 Å². The summed E-state index contributed by atoms with van der Waals surface area (Å²) in [6, 6.07) is -1.63. The highest BCUT2D eigenvalue weighted by Gasteiger charge is 2.57. The first-order chi connectivity index (χ1) is 12.7. The maximum absolute atomic E-state index is 12.6. The fourth-order valence-electron chi connectivity index (χ4n) is 3.25. The van der Waals surface area contributed by atoms with Crippen LogP contribution in [-0.2, 0) is 14.3 Å². The van der Waals surface area contributed by atoms with Crippen molar-refractivity contribution in [1.29, 1.82) is 0 Å². The van der Waals surface area contributed by atoms with E-state index in [9.17, 15) is 35.1 Å². The minimum atomic E-state index is -2.67. The quantitative estimate of drug-likeness (QED) is 0.244. The largest absolute Gasteiger partial charge is 0.394 e. The molecule has 0 bridgehead atoms. The van der Waals surface area contributed by atoms with Gasteiger partial charge in [0.05, 0.1) is 12.7 Å². The summed E-state index contributed by atoms with van der Waals surface area (Å²) in [5.74, 6) is -4.26. The number of carbonyl (C=O) groups is 2. The Balaban J connectivity index is 2.79. The number of unbranched alkanes of at least 4 members (excludes halogenated alkanes) is 4. The summed E-state index contributed by atoms with van der Waals surface area (Å²) < 4.78 is 5.16. The van der Waals surface area contributed by atoms with Gasteiger partial charge in [-0.2, -0.15) is 0 Å². The molecule has 0 spiro atoms. The van der Waals surface area contributed by atoms with Gasteiger partial charge in [-0.05, 0) is 6.42 Å². The summed E-state index contributed by atoms with van der Waals surface area (Å²) in [5.41, 5.74) is 0. The smallest absolute Gasteiger partial charge is 0.250 e. The molecule has 1 saturated heterocycles. The van der Waals surface area contributed by atoms with E-state index in [4.69, 9.17) is 4.74 Å². The number of rotatable bonds is 11. The number of ketones is 1. The molecule has 0 radical (unpaired) electrons. The molecule has 1 rings (SSSR count). The van der Waals surface area contributed by atoms with E-state index < -0.39 is 61.0 Å². The first-order valence-electron chi connectivity index (χ1n) is 9.53. The summed E-state index contributed by atoms with van der Waals surface area (Å²) in [6.07, 6.45) is -0.965. The number of aliphatic hydroxyl groups excluding tert-OH is 4. The summed E-state index contributed by atoms with van der Waals surface area (Å²) >= 11 is 0. The fourth-order valence-corrected chi connectivity index (χ4v) is 3.25. The molecule has 1 unspecified atom stereocenters. The molecule has 1 aliphatic rings. The lowest BCUT2D eigenvalue weighted by atomic mass is 9.86. The number of hydrogen-bond acceptors (Lipinski definition) is 8. The van der Waals surface area contributed by atoms with E-state index in [2.05, 4.69) is 12.2 Å². The third-order valence-corrected chi connectivity index (χ3v) is 4.83. The van der Waals surface area contributed by atoms with Crippen LogP contribution in [-0.4, -0.2) is 80.1 Å². The number of amides is 1. The van der Waals surface area contributed by atoms with Crippen LogP contribution in [0.25, 0.3) is 0 Å². The second-order valence-electron chi connectivity index (χ2n) is 7.18.